The van der Waals surface area contributed by atoms with E-state index >= 15 is 0 Å². The van der Waals surface area contributed by atoms with Crippen molar-refractivity contribution in [2.45, 2.75) is 25.3 Å². The molecule has 0 aliphatic heterocycles. The summed E-state index contributed by atoms with van der Waals surface area (Å²) in [5, 5.41) is 29.1. The van der Waals surface area contributed by atoms with Crippen molar-refractivity contribution >= 4 is 21.9 Å². The molecule has 0 unspecified atom stereocenters. The first-order valence-electron chi connectivity index (χ1n) is 5.92. The number of aliphatic hydroxyl groups excluding tert-OH is 2. The van der Waals surface area contributed by atoms with Gasteiger partial charge in [0.05, 0.1) is 19.8 Å². The largest absolute Gasteiger partial charge is 0.861 e. The molecule has 0 aromatic carbocycles. The Kier molecular flexibility index (Phi) is 7.25. The van der Waals surface area contributed by atoms with Gasteiger partial charge in [-0.05, 0) is 12.3 Å². The summed E-state index contributed by atoms with van der Waals surface area (Å²) in [6.45, 7) is -0.737. The quantitative estimate of drug-likeness (QED) is 0.322. The van der Waals surface area contributed by atoms with Gasteiger partial charge < -0.3 is 20.1 Å². The fraction of sp³-hybridized carbons (Fsp3) is 0.800. The predicted octanol–water partition coefficient (Wildman–Crippen LogP) is -1.09. The van der Waals surface area contributed by atoms with Crippen LogP contribution in [0.15, 0.2) is 4.40 Å². The first kappa shape index (κ1) is 20.6. The first-order valence-corrected chi connectivity index (χ1v) is 7.36. The zero-order valence-electron chi connectivity index (χ0n) is 11.5. The zero-order valence-corrected chi connectivity index (χ0v) is 12.3. The Morgan fingerprint density at radius 1 is 1.27 bits per heavy atom. The fourth-order valence-corrected chi connectivity index (χ4v) is 1.63. The lowest BCUT2D eigenvalue weighted by molar-refractivity contribution is -0.219. The third kappa shape index (κ3) is 5.10. The summed E-state index contributed by atoms with van der Waals surface area (Å²) in [5.41, 5.74) is -7.29. The van der Waals surface area contributed by atoms with Crippen LogP contribution in [-0.2, 0) is 19.6 Å². The Hall–Kier alpha value is -1.40. The highest BCUT2D eigenvalue weighted by Gasteiger charge is 2.45. The maximum absolute atomic E-state index is 12.0. The normalized spacial score (nSPS) is 14.0. The van der Waals surface area contributed by atoms with Gasteiger partial charge in [0.2, 0.25) is 0 Å². The third-order valence-electron chi connectivity index (χ3n) is 2.78. The number of carbonyl (C=O) groups excluding carboxylic acids is 1. The molecule has 130 valence electrons. The van der Waals surface area contributed by atoms with Crippen LogP contribution >= 0.6 is 0 Å². The van der Waals surface area contributed by atoms with Crippen LogP contribution in [0.3, 0.4) is 0 Å². The molecule has 0 aromatic heterocycles. The number of hydrogen-bond donors (Lipinski definition) is 2. The lowest BCUT2D eigenvalue weighted by Crippen LogP contribution is -2.40. The van der Waals surface area contributed by atoms with Gasteiger partial charge in [-0.1, -0.05) is 6.92 Å². The van der Waals surface area contributed by atoms with E-state index < -0.39 is 59.1 Å². The summed E-state index contributed by atoms with van der Waals surface area (Å²) in [6.07, 6.45) is -0.878. The van der Waals surface area contributed by atoms with Crippen molar-refractivity contribution in [3.8, 4) is 0 Å². The molecule has 0 aliphatic carbocycles. The van der Waals surface area contributed by atoms with Gasteiger partial charge in [-0.3, -0.25) is 4.79 Å². The maximum Gasteiger partial charge on any atom is 0.518 e. The van der Waals surface area contributed by atoms with Gasteiger partial charge in [-0.2, -0.15) is 26.0 Å². The van der Waals surface area contributed by atoms with E-state index in [0.29, 0.717) is 0 Å². The average molecular weight is 350 g/mol. The van der Waals surface area contributed by atoms with Gasteiger partial charge in [0.25, 0.3) is 0 Å². The monoisotopic (exact) mass is 350 g/mol. The molecule has 0 aromatic rings. The number of rotatable bonds is 8. The SMILES string of the molecule is CCC(CO)(CO)C(=O)OCC/C([O-])=N/S(=O)(=O)C(F)(F)F. The molecule has 0 rings (SSSR count). The van der Waals surface area contributed by atoms with E-state index in [1.807, 2.05) is 4.40 Å². The molecule has 8 nitrogen and oxygen atoms in total. The highest BCUT2D eigenvalue weighted by molar-refractivity contribution is 7.91. The molecule has 0 amide bonds. The van der Waals surface area contributed by atoms with Crippen LogP contribution in [0.1, 0.15) is 19.8 Å². The molecular formula is C10H15F3NO7S-. The Balaban J connectivity index is 4.70. The van der Waals surface area contributed by atoms with E-state index in [-0.39, 0.29) is 6.42 Å². The molecule has 0 atom stereocenters. The van der Waals surface area contributed by atoms with Crippen molar-refractivity contribution < 1.29 is 46.4 Å². The highest BCUT2D eigenvalue weighted by atomic mass is 32.2. The van der Waals surface area contributed by atoms with Gasteiger partial charge in [0.15, 0.2) is 0 Å². The van der Waals surface area contributed by atoms with Crippen molar-refractivity contribution in [3.05, 3.63) is 0 Å². The van der Waals surface area contributed by atoms with Crippen LogP contribution in [0, 0.1) is 5.41 Å². The number of ether oxygens (including phenoxy) is 1. The van der Waals surface area contributed by atoms with E-state index in [1.165, 1.54) is 6.92 Å². The van der Waals surface area contributed by atoms with Gasteiger partial charge in [0, 0.05) is 6.42 Å². The van der Waals surface area contributed by atoms with Gasteiger partial charge >= 0.3 is 21.5 Å². The average Bonchev–Trinajstić information content (AvgIpc) is 2.39. The standard InChI is InChI=1S/C10H16F3NO7S/c1-2-9(5-15,6-16)8(18)21-4-3-7(17)14-22(19,20)10(11,12)13/h15-16H,2-6H2,1H3,(H,14,17)/p-1. The number of sulfonamides is 1. The summed E-state index contributed by atoms with van der Waals surface area (Å²) < 4.78 is 63.6. The minimum absolute atomic E-state index is 0.0135. The lowest BCUT2D eigenvalue weighted by Gasteiger charge is -2.25. The molecule has 0 saturated carbocycles. The van der Waals surface area contributed by atoms with Crippen molar-refractivity contribution in [3.63, 3.8) is 0 Å². The minimum Gasteiger partial charge on any atom is -0.861 e. The maximum atomic E-state index is 12.0. The minimum atomic E-state index is -5.94. The molecule has 0 fully saturated rings. The molecule has 0 spiro atoms. The Morgan fingerprint density at radius 2 is 1.77 bits per heavy atom. The number of esters is 1. The third-order valence-corrected chi connectivity index (χ3v) is 3.81. The zero-order chi connectivity index (χ0) is 17.6. The van der Waals surface area contributed by atoms with Gasteiger partial charge in [-0.25, -0.2) is 0 Å². The van der Waals surface area contributed by atoms with Gasteiger partial charge in [0.1, 0.15) is 5.41 Å². The van der Waals surface area contributed by atoms with Crippen LogP contribution in [0.5, 0.6) is 0 Å². The molecule has 0 aliphatic rings. The number of halogens is 3. The van der Waals surface area contributed by atoms with Crippen LogP contribution in [-0.4, -0.2) is 55.8 Å². The Morgan fingerprint density at radius 3 is 2.14 bits per heavy atom. The summed E-state index contributed by atoms with van der Waals surface area (Å²) >= 11 is 0. The second kappa shape index (κ2) is 7.74. The second-order valence-electron chi connectivity index (χ2n) is 4.24. The van der Waals surface area contributed by atoms with Crippen LogP contribution in [0.4, 0.5) is 13.2 Å². The number of hydrogen-bond acceptors (Lipinski definition) is 7. The Labute approximate surface area is 124 Å². The summed E-state index contributed by atoms with van der Waals surface area (Å²) in [7, 11) is -5.94. The molecule has 0 bridgehead atoms. The van der Waals surface area contributed by atoms with E-state index in [0.717, 1.165) is 0 Å². The fourth-order valence-electron chi connectivity index (χ4n) is 1.16. The first-order chi connectivity index (χ1) is 9.95. The van der Waals surface area contributed by atoms with Crippen molar-refractivity contribution in [2.24, 2.45) is 9.81 Å². The highest BCUT2D eigenvalue weighted by Crippen LogP contribution is 2.25. The molecule has 0 radical (unpaired) electrons. The topological polar surface area (TPSA) is 136 Å². The summed E-state index contributed by atoms with van der Waals surface area (Å²) in [5.74, 6) is -2.70. The molecule has 0 saturated heterocycles. The molecule has 0 heterocycles. The number of carbonyl (C=O) groups is 1. The molecule has 12 heteroatoms. The van der Waals surface area contributed by atoms with Crippen LogP contribution in [0.2, 0.25) is 0 Å². The summed E-state index contributed by atoms with van der Waals surface area (Å²) in [6, 6.07) is 0. The molecule has 2 N–H and O–H groups in total. The lowest BCUT2D eigenvalue weighted by atomic mass is 9.87. The Bertz CT molecular complexity index is 503. The van der Waals surface area contributed by atoms with Crippen molar-refractivity contribution in [1.29, 1.82) is 0 Å². The van der Waals surface area contributed by atoms with E-state index in [2.05, 4.69) is 4.74 Å². The van der Waals surface area contributed by atoms with E-state index in [1.54, 1.807) is 0 Å². The second-order valence-corrected chi connectivity index (χ2v) is 5.84. The van der Waals surface area contributed by atoms with Crippen molar-refractivity contribution in [2.75, 3.05) is 19.8 Å². The van der Waals surface area contributed by atoms with Crippen LogP contribution < -0.4 is 5.11 Å². The molecule has 22 heavy (non-hydrogen) atoms. The number of alkyl halides is 3. The summed E-state index contributed by atoms with van der Waals surface area (Å²) in [4.78, 5) is 11.6. The van der Waals surface area contributed by atoms with E-state index in [4.69, 9.17) is 10.2 Å². The number of aliphatic hydroxyl groups is 2. The smallest absolute Gasteiger partial charge is 0.518 e. The van der Waals surface area contributed by atoms with Gasteiger partial charge in [-0.15, -0.1) is 0 Å². The van der Waals surface area contributed by atoms with Crippen molar-refractivity contribution in [1.82, 2.24) is 0 Å². The number of nitrogens with zero attached hydrogens (tertiary/aromatic N) is 1. The van der Waals surface area contributed by atoms with E-state index in [9.17, 15) is 31.5 Å². The van der Waals surface area contributed by atoms with Crippen LogP contribution in [0.25, 0.3) is 0 Å². The predicted molar refractivity (Wildman–Crippen MR) is 64.9 cm³/mol. The molecular weight excluding hydrogens is 335 g/mol.